The van der Waals surface area contributed by atoms with E-state index in [4.69, 9.17) is 21.1 Å². The molecule has 2 aromatic carbocycles. The van der Waals surface area contributed by atoms with Crippen LogP contribution in [0, 0.1) is 6.92 Å². The molecule has 0 atom stereocenters. The third kappa shape index (κ3) is 2.36. The third-order valence-corrected chi connectivity index (χ3v) is 4.26. The molecule has 1 N–H and O–H groups in total. The average molecular weight is 339 g/mol. The predicted octanol–water partition coefficient (Wildman–Crippen LogP) is 5.48. The van der Waals surface area contributed by atoms with Crippen LogP contribution in [0.1, 0.15) is 5.69 Å². The fourth-order valence-electron chi connectivity index (χ4n) is 2.93. The van der Waals surface area contributed by atoms with Crippen LogP contribution in [0.2, 0.25) is 5.02 Å². The van der Waals surface area contributed by atoms with Gasteiger partial charge < -0.3 is 14.5 Å². The van der Waals surface area contributed by atoms with Crippen molar-refractivity contribution in [2.45, 2.75) is 6.92 Å². The highest BCUT2D eigenvalue weighted by Gasteiger charge is 2.16. The zero-order valence-corrected chi connectivity index (χ0v) is 14.0. The monoisotopic (exact) mass is 338 g/mol. The standard InChI is InChI=1S/C19H15ClN2O2/c1-11-19(23-2)18-15(10-21-11)22-14-4-3-5-16(17(14)18)24-13-8-6-12(20)7-9-13/h3-10,22H,1-2H3. The maximum Gasteiger partial charge on any atom is 0.150 e. The molecule has 4 nitrogen and oxygen atoms in total. The third-order valence-electron chi connectivity index (χ3n) is 4.00. The first-order valence-corrected chi connectivity index (χ1v) is 7.92. The molecule has 2 heterocycles. The molecule has 5 heteroatoms. The SMILES string of the molecule is COc1c(C)ncc2[nH]c3cccc(Oc4ccc(Cl)cc4)c3c12. The molecule has 0 unspecified atom stereocenters. The number of aromatic nitrogens is 2. The van der Waals surface area contributed by atoms with Crippen molar-refractivity contribution in [1.29, 1.82) is 0 Å². The Labute approximate surface area is 144 Å². The summed E-state index contributed by atoms with van der Waals surface area (Å²) in [5, 5.41) is 2.63. The molecule has 0 aliphatic rings. The van der Waals surface area contributed by atoms with Crippen molar-refractivity contribution in [3.05, 3.63) is 59.4 Å². The number of pyridine rings is 1. The van der Waals surface area contributed by atoms with Crippen LogP contribution in [-0.4, -0.2) is 17.1 Å². The first kappa shape index (κ1) is 14.8. The first-order chi connectivity index (χ1) is 11.7. The fraction of sp³-hybridized carbons (Fsp3) is 0.105. The van der Waals surface area contributed by atoms with Gasteiger partial charge in [-0.3, -0.25) is 4.98 Å². The molecule has 0 bridgehead atoms. The van der Waals surface area contributed by atoms with Crippen molar-refractivity contribution in [2.24, 2.45) is 0 Å². The van der Waals surface area contributed by atoms with E-state index in [2.05, 4.69) is 9.97 Å². The topological polar surface area (TPSA) is 47.1 Å². The number of ether oxygens (including phenoxy) is 2. The molecule has 0 amide bonds. The molecule has 0 aliphatic carbocycles. The Bertz CT molecular complexity index is 1040. The summed E-state index contributed by atoms with van der Waals surface area (Å²) < 4.78 is 11.7. The highest BCUT2D eigenvalue weighted by molar-refractivity contribution is 6.30. The second kappa shape index (κ2) is 5.73. The van der Waals surface area contributed by atoms with E-state index >= 15 is 0 Å². The Kier molecular flexibility index (Phi) is 3.54. The normalized spacial score (nSPS) is 11.1. The largest absolute Gasteiger partial charge is 0.494 e. The van der Waals surface area contributed by atoms with E-state index in [1.807, 2.05) is 43.5 Å². The number of hydrogen-bond acceptors (Lipinski definition) is 3. The van der Waals surface area contributed by atoms with Gasteiger partial charge in [0.1, 0.15) is 17.2 Å². The van der Waals surface area contributed by atoms with Gasteiger partial charge in [-0.15, -0.1) is 0 Å². The summed E-state index contributed by atoms with van der Waals surface area (Å²) in [7, 11) is 1.66. The second-order valence-electron chi connectivity index (χ2n) is 5.53. The predicted molar refractivity (Wildman–Crippen MR) is 96.4 cm³/mol. The van der Waals surface area contributed by atoms with Crippen molar-refractivity contribution in [3.8, 4) is 17.2 Å². The van der Waals surface area contributed by atoms with Gasteiger partial charge in [0, 0.05) is 5.02 Å². The van der Waals surface area contributed by atoms with Crippen molar-refractivity contribution in [3.63, 3.8) is 0 Å². The lowest BCUT2D eigenvalue weighted by atomic mass is 10.1. The molecule has 24 heavy (non-hydrogen) atoms. The minimum absolute atomic E-state index is 0.677. The minimum Gasteiger partial charge on any atom is -0.494 e. The summed E-state index contributed by atoms with van der Waals surface area (Å²) in [5.74, 6) is 2.24. The van der Waals surface area contributed by atoms with Gasteiger partial charge in [0.05, 0.1) is 40.8 Å². The number of hydrogen-bond donors (Lipinski definition) is 1. The quantitative estimate of drug-likeness (QED) is 0.538. The number of halogens is 1. The number of benzene rings is 2. The Hall–Kier alpha value is -2.72. The minimum atomic E-state index is 0.677. The highest BCUT2D eigenvalue weighted by Crippen LogP contribution is 2.40. The van der Waals surface area contributed by atoms with Gasteiger partial charge in [-0.1, -0.05) is 17.7 Å². The van der Waals surface area contributed by atoms with Crippen molar-refractivity contribution in [1.82, 2.24) is 9.97 Å². The summed E-state index contributed by atoms with van der Waals surface area (Å²) in [6.07, 6.45) is 1.82. The van der Waals surface area contributed by atoms with Crippen molar-refractivity contribution < 1.29 is 9.47 Å². The number of methoxy groups -OCH3 is 1. The first-order valence-electron chi connectivity index (χ1n) is 7.55. The van der Waals surface area contributed by atoms with Crippen LogP contribution >= 0.6 is 11.6 Å². The average Bonchev–Trinajstić information content (AvgIpc) is 2.96. The molecule has 0 radical (unpaired) electrons. The van der Waals surface area contributed by atoms with Gasteiger partial charge in [-0.25, -0.2) is 0 Å². The summed E-state index contributed by atoms with van der Waals surface area (Å²) in [6.45, 7) is 1.93. The number of rotatable bonds is 3. The van der Waals surface area contributed by atoms with Crippen LogP contribution in [-0.2, 0) is 0 Å². The van der Waals surface area contributed by atoms with Crippen molar-refractivity contribution in [2.75, 3.05) is 7.11 Å². The maximum atomic E-state index is 6.10. The number of fused-ring (bicyclic) bond motifs is 3. The van der Waals surface area contributed by atoms with E-state index in [1.165, 1.54) is 0 Å². The maximum absolute atomic E-state index is 6.10. The van der Waals surface area contributed by atoms with Gasteiger partial charge in [-0.2, -0.15) is 0 Å². The lowest BCUT2D eigenvalue weighted by Crippen LogP contribution is -1.91. The molecular formula is C19H15ClN2O2. The fourth-order valence-corrected chi connectivity index (χ4v) is 3.06. The number of aryl methyl sites for hydroxylation is 1. The Morgan fingerprint density at radius 2 is 1.79 bits per heavy atom. The Balaban J connectivity index is 1.97. The summed E-state index contributed by atoms with van der Waals surface area (Å²) in [4.78, 5) is 7.76. The molecule has 0 fully saturated rings. The zero-order chi connectivity index (χ0) is 16.7. The molecule has 4 rings (SSSR count). The molecule has 0 aliphatic heterocycles. The van der Waals surface area contributed by atoms with E-state index < -0.39 is 0 Å². The van der Waals surface area contributed by atoms with Gasteiger partial charge in [0.2, 0.25) is 0 Å². The van der Waals surface area contributed by atoms with Crippen LogP contribution in [0.4, 0.5) is 0 Å². The molecule has 120 valence electrons. The zero-order valence-electron chi connectivity index (χ0n) is 13.3. The number of aromatic amines is 1. The molecule has 2 aromatic heterocycles. The van der Waals surface area contributed by atoms with Gasteiger partial charge in [-0.05, 0) is 43.3 Å². The van der Waals surface area contributed by atoms with E-state index in [0.29, 0.717) is 5.02 Å². The van der Waals surface area contributed by atoms with E-state index in [-0.39, 0.29) is 0 Å². The Morgan fingerprint density at radius 1 is 1.00 bits per heavy atom. The van der Waals surface area contributed by atoms with Crippen LogP contribution in [0.3, 0.4) is 0 Å². The summed E-state index contributed by atoms with van der Waals surface area (Å²) in [5.41, 5.74) is 2.73. The van der Waals surface area contributed by atoms with Crippen molar-refractivity contribution >= 4 is 33.4 Å². The number of H-pyrrole nitrogens is 1. The lowest BCUT2D eigenvalue weighted by Gasteiger charge is -2.09. The van der Waals surface area contributed by atoms with E-state index in [9.17, 15) is 0 Å². The highest BCUT2D eigenvalue weighted by atomic mass is 35.5. The summed E-state index contributed by atoms with van der Waals surface area (Å²) >= 11 is 5.94. The Morgan fingerprint density at radius 3 is 2.54 bits per heavy atom. The molecule has 0 saturated heterocycles. The number of nitrogens with one attached hydrogen (secondary N) is 1. The van der Waals surface area contributed by atoms with Crippen LogP contribution in [0.25, 0.3) is 21.8 Å². The smallest absolute Gasteiger partial charge is 0.150 e. The lowest BCUT2D eigenvalue weighted by molar-refractivity contribution is 0.414. The second-order valence-corrected chi connectivity index (χ2v) is 5.96. The van der Waals surface area contributed by atoms with Gasteiger partial charge >= 0.3 is 0 Å². The van der Waals surface area contributed by atoms with Gasteiger partial charge in [0.25, 0.3) is 0 Å². The molecule has 0 spiro atoms. The van der Waals surface area contributed by atoms with Crippen LogP contribution in [0.15, 0.2) is 48.7 Å². The van der Waals surface area contributed by atoms with Gasteiger partial charge in [0.15, 0.2) is 0 Å². The van der Waals surface area contributed by atoms with E-state index in [1.54, 1.807) is 19.2 Å². The van der Waals surface area contributed by atoms with E-state index in [0.717, 1.165) is 44.7 Å². The molecule has 0 saturated carbocycles. The summed E-state index contributed by atoms with van der Waals surface area (Å²) in [6, 6.07) is 13.2. The number of nitrogens with zero attached hydrogens (tertiary/aromatic N) is 1. The van der Waals surface area contributed by atoms with Crippen LogP contribution < -0.4 is 9.47 Å². The van der Waals surface area contributed by atoms with Crippen LogP contribution in [0.5, 0.6) is 17.2 Å². The molecular weight excluding hydrogens is 324 g/mol. The molecule has 4 aromatic rings.